The lowest BCUT2D eigenvalue weighted by Crippen LogP contribution is -2.07. The average Bonchev–Trinajstić information content (AvgIpc) is 2.66. The van der Waals surface area contributed by atoms with Crippen LogP contribution in [-0.4, -0.2) is 0 Å². The number of nitrogens with one attached hydrogen (secondary N) is 1. The molecule has 1 aliphatic rings. The third-order valence-corrected chi connectivity index (χ3v) is 5.23. The summed E-state index contributed by atoms with van der Waals surface area (Å²) in [5.74, 6) is -0.250. The summed E-state index contributed by atoms with van der Waals surface area (Å²) in [5, 5.41) is 4.16. The standard InChI is InChI=1S/C24H25ClFN/c1-17-11-13-21(25)15-23(17)18(2)27-24-16-22(26)14-12-20(24)10-6-9-19-7-4-3-5-8-19/h3-5,7-8,12,14-16,27H,2,6,9-11,13H2,1H3. The van der Waals surface area contributed by atoms with Crippen molar-refractivity contribution in [2.24, 2.45) is 0 Å². The molecule has 0 aliphatic heterocycles. The molecule has 1 nitrogen and oxygen atoms in total. The molecule has 0 heterocycles. The number of allylic oxidation sites excluding steroid dienone is 3. The Balaban J connectivity index is 1.71. The van der Waals surface area contributed by atoms with Crippen LogP contribution in [0.5, 0.6) is 0 Å². The molecular weight excluding hydrogens is 357 g/mol. The van der Waals surface area contributed by atoms with Crippen molar-refractivity contribution in [2.45, 2.75) is 39.0 Å². The Hall–Kier alpha value is -2.32. The Bertz CT molecular complexity index is 881. The Labute approximate surface area is 166 Å². The lowest BCUT2D eigenvalue weighted by Gasteiger charge is -2.20. The molecule has 1 N–H and O–H groups in total. The van der Waals surface area contributed by atoms with Crippen LogP contribution in [0.15, 0.2) is 83.1 Å². The Morgan fingerprint density at radius 3 is 2.67 bits per heavy atom. The van der Waals surface area contributed by atoms with Crippen LogP contribution in [0.4, 0.5) is 10.1 Å². The van der Waals surface area contributed by atoms with E-state index in [0.29, 0.717) is 0 Å². The molecule has 0 aromatic heterocycles. The van der Waals surface area contributed by atoms with Gasteiger partial charge in [-0.1, -0.05) is 60.2 Å². The van der Waals surface area contributed by atoms with Gasteiger partial charge in [0.2, 0.25) is 0 Å². The van der Waals surface area contributed by atoms with E-state index in [2.05, 4.69) is 43.1 Å². The predicted molar refractivity (Wildman–Crippen MR) is 113 cm³/mol. The summed E-state index contributed by atoms with van der Waals surface area (Å²) in [4.78, 5) is 0. The lowest BCUT2D eigenvalue weighted by atomic mass is 9.96. The summed E-state index contributed by atoms with van der Waals surface area (Å²) in [5.41, 5.74) is 6.23. The Kier molecular flexibility index (Phi) is 6.52. The van der Waals surface area contributed by atoms with Crippen molar-refractivity contribution in [1.29, 1.82) is 0 Å². The highest BCUT2D eigenvalue weighted by molar-refractivity contribution is 6.29. The molecule has 0 atom stereocenters. The van der Waals surface area contributed by atoms with Gasteiger partial charge in [0.15, 0.2) is 0 Å². The lowest BCUT2D eigenvalue weighted by molar-refractivity contribution is 0.627. The molecule has 27 heavy (non-hydrogen) atoms. The van der Waals surface area contributed by atoms with Gasteiger partial charge in [-0.2, -0.15) is 0 Å². The van der Waals surface area contributed by atoms with Crippen LogP contribution in [0, 0.1) is 5.82 Å². The van der Waals surface area contributed by atoms with Gasteiger partial charge in [0.1, 0.15) is 5.82 Å². The molecule has 140 valence electrons. The second kappa shape index (κ2) is 9.05. The third kappa shape index (κ3) is 5.33. The molecule has 0 saturated heterocycles. The van der Waals surface area contributed by atoms with Gasteiger partial charge in [-0.25, -0.2) is 4.39 Å². The van der Waals surface area contributed by atoms with E-state index in [1.165, 1.54) is 17.2 Å². The highest BCUT2D eigenvalue weighted by Gasteiger charge is 2.13. The van der Waals surface area contributed by atoms with Crippen LogP contribution in [-0.2, 0) is 12.8 Å². The zero-order valence-corrected chi connectivity index (χ0v) is 16.5. The van der Waals surface area contributed by atoms with Gasteiger partial charge < -0.3 is 5.32 Å². The molecular formula is C24H25ClFN. The van der Waals surface area contributed by atoms with E-state index in [1.807, 2.05) is 18.2 Å². The molecule has 1 aliphatic carbocycles. The maximum atomic E-state index is 13.9. The maximum Gasteiger partial charge on any atom is 0.125 e. The van der Waals surface area contributed by atoms with E-state index in [9.17, 15) is 4.39 Å². The number of hydrogen-bond acceptors (Lipinski definition) is 1. The van der Waals surface area contributed by atoms with Crippen LogP contribution in [0.1, 0.15) is 37.3 Å². The predicted octanol–water partition coefficient (Wildman–Crippen LogP) is 7.16. The monoisotopic (exact) mass is 381 g/mol. The summed E-state index contributed by atoms with van der Waals surface area (Å²) in [6.45, 7) is 6.25. The van der Waals surface area contributed by atoms with Gasteiger partial charge in [-0.15, -0.1) is 0 Å². The molecule has 2 aromatic rings. The van der Waals surface area contributed by atoms with E-state index in [-0.39, 0.29) is 5.82 Å². The van der Waals surface area contributed by atoms with Crippen molar-refractivity contribution < 1.29 is 4.39 Å². The van der Waals surface area contributed by atoms with Gasteiger partial charge in [-0.3, -0.25) is 0 Å². The molecule has 3 rings (SSSR count). The molecule has 0 unspecified atom stereocenters. The fourth-order valence-corrected chi connectivity index (χ4v) is 3.58. The van der Waals surface area contributed by atoms with Crippen LogP contribution < -0.4 is 5.32 Å². The number of rotatable bonds is 7. The molecule has 0 radical (unpaired) electrons. The highest BCUT2D eigenvalue weighted by atomic mass is 35.5. The number of halogens is 2. The minimum Gasteiger partial charge on any atom is -0.355 e. The van der Waals surface area contributed by atoms with E-state index >= 15 is 0 Å². The zero-order valence-electron chi connectivity index (χ0n) is 15.7. The molecule has 3 heteroatoms. The van der Waals surface area contributed by atoms with Crippen molar-refractivity contribution in [3.05, 3.63) is 100 Å². The van der Waals surface area contributed by atoms with E-state index in [0.717, 1.165) is 59.7 Å². The SMILES string of the molecule is C=C(Nc1cc(F)ccc1CCCc1ccccc1)C1=C(C)CCC(Cl)=C1. The normalized spacial score (nSPS) is 14.1. The van der Waals surface area contributed by atoms with E-state index in [4.69, 9.17) is 11.6 Å². The first-order valence-electron chi connectivity index (χ1n) is 9.37. The second-order valence-electron chi connectivity index (χ2n) is 7.03. The van der Waals surface area contributed by atoms with Gasteiger partial charge in [0.25, 0.3) is 0 Å². The summed E-state index contributed by atoms with van der Waals surface area (Å²) in [7, 11) is 0. The quantitative estimate of drug-likeness (QED) is 0.536. The average molecular weight is 382 g/mol. The second-order valence-corrected chi connectivity index (χ2v) is 7.51. The van der Waals surface area contributed by atoms with Crippen molar-refractivity contribution in [3.63, 3.8) is 0 Å². The topological polar surface area (TPSA) is 12.0 Å². The number of anilines is 1. The Morgan fingerprint density at radius 1 is 1.11 bits per heavy atom. The van der Waals surface area contributed by atoms with Crippen molar-refractivity contribution in [3.8, 4) is 0 Å². The molecule has 0 fully saturated rings. The van der Waals surface area contributed by atoms with Gasteiger partial charge in [0, 0.05) is 16.4 Å². The summed E-state index contributed by atoms with van der Waals surface area (Å²) in [6.07, 6.45) is 6.64. The Morgan fingerprint density at radius 2 is 1.89 bits per heavy atom. The van der Waals surface area contributed by atoms with E-state index < -0.39 is 0 Å². The van der Waals surface area contributed by atoms with Gasteiger partial charge in [0.05, 0.1) is 0 Å². The first kappa shape index (κ1) is 19.4. The van der Waals surface area contributed by atoms with Crippen molar-refractivity contribution in [2.75, 3.05) is 5.32 Å². The highest BCUT2D eigenvalue weighted by Crippen LogP contribution is 2.31. The summed E-state index contributed by atoms with van der Waals surface area (Å²) >= 11 is 6.21. The summed E-state index contributed by atoms with van der Waals surface area (Å²) in [6, 6.07) is 15.4. The van der Waals surface area contributed by atoms with Crippen LogP contribution >= 0.6 is 11.6 Å². The summed E-state index contributed by atoms with van der Waals surface area (Å²) < 4.78 is 13.9. The third-order valence-electron chi connectivity index (χ3n) is 4.94. The minimum atomic E-state index is -0.250. The molecule has 0 amide bonds. The molecule has 0 bridgehead atoms. The first-order chi connectivity index (χ1) is 13.0. The molecule has 0 spiro atoms. The number of aryl methyl sites for hydroxylation is 2. The van der Waals surface area contributed by atoms with Crippen molar-refractivity contribution >= 4 is 17.3 Å². The number of benzene rings is 2. The maximum absolute atomic E-state index is 13.9. The van der Waals surface area contributed by atoms with Crippen LogP contribution in [0.25, 0.3) is 0 Å². The fraction of sp³-hybridized carbons (Fsp3) is 0.250. The first-order valence-corrected chi connectivity index (χ1v) is 9.75. The zero-order chi connectivity index (χ0) is 19.2. The fourth-order valence-electron chi connectivity index (χ4n) is 3.38. The largest absolute Gasteiger partial charge is 0.355 e. The van der Waals surface area contributed by atoms with Gasteiger partial charge in [-0.05, 0) is 73.9 Å². The molecule has 2 aromatic carbocycles. The van der Waals surface area contributed by atoms with Crippen molar-refractivity contribution in [1.82, 2.24) is 0 Å². The van der Waals surface area contributed by atoms with E-state index in [1.54, 1.807) is 6.07 Å². The van der Waals surface area contributed by atoms with Gasteiger partial charge >= 0.3 is 0 Å². The smallest absolute Gasteiger partial charge is 0.125 e. The number of hydrogen-bond donors (Lipinski definition) is 1. The van der Waals surface area contributed by atoms with Crippen LogP contribution in [0.3, 0.4) is 0 Å². The van der Waals surface area contributed by atoms with Crippen LogP contribution in [0.2, 0.25) is 0 Å². The molecule has 0 saturated carbocycles. The minimum absolute atomic E-state index is 0.250.